The van der Waals surface area contributed by atoms with Gasteiger partial charge in [0.25, 0.3) is 0 Å². The minimum Gasteiger partial charge on any atom is -0.379 e. The van der Waals surface area contributed by atoms with Gasteiger partial charge in [0.1, 0.15) is 5.78 Å². The van der Waals surface area contributed by atoms with Gasteiger partial charge >= 0.3 is 0 Å². The predicted molar refractivity (Wildman–Crippen MR) is 61.9 cm³/mol. The molecule has 0 aromatic heterocycles. The second kappa shape index (κ2) is 7.00. The Morgan fingerprint density at radius 1 is 1.13 bits per heavy atom. The molecule has 1 saturated heterocycles. The minimum atomic E-state index is 0.462. The Balaban J connectivity index is 0.000000151. The molecule has 2 atom stereocenters. The maximum atomic E-state index is 10.7. The second-order valence-electron chi connectivity index (χ2n) is 4.92. The fourth-order valence-corrected chi connectivity index (χ4v) is 2.14. The first kappa shape index (κ1) is 12.7. The molecule has 1 aliphatic carbocycles. The van der Waals surface area contributed by atoms with E-state index in [0.717, 1.165) is 25.9 Å². The van der Waals surface area contributed by atoms with Crippen LogP contribution in [0.3, 0.4) is 0 Å². The lowest BCUT2D eigenvalue weighted by atomic mass is 9.90. The topological polar surface area (TPSA) is 26.3 Å². The Labute approximate surface area is 93.4 Å². The van der Waals surface area contributed by atoms with Crippen molar-refractivity contribution < 1.29 is 9.53 Å². The average molecular weight is 212 g/mol. The monoisotopic (exact) mass is 212 g/mol. The summed E-state index contributed by atoms with van der Waals surface area (Å²) < 4.78 is 5.28. The quantitative estimate of drug-likeness (QED) is 0.615. The van der Waals surface area contributed by atoms with Gasteiger partial charge < -0.3 is 4.74 Å². The minimum absolute atomic E-state index is 0.462. The smallest absolute Gasteiger partial charge is 0.133 e. The summed E-state index contributed by atoms with van der Waals surface area (Å²) in [4.78, 5) is 10.7. The lowest BCUT2D eigenvalue weighted by Gasteiger charge is -2.17. The molecule has 2 rings (SSSR count). The van der Waals surface area contributed by atoms with Crippen LogP contribution in [-0.2, 0) is 9.53 Å². The van der Waals surface area contributed by atoms with E-state index in [4.69, 9.17) is 4.74 Å². The molecule has 0 amide bonds. The first-order chi connectivity index (χ1) is 7.18. The van der Waals surface area contributed by atoms with Crippen molar-refractivity contribution >= 4 is 5.78 Å². The predicted octanol–water partition coefficient (Wildman–Crippen LogP) is 3.34. The molecule has 0 radical (unpaired) electrons. The Morgan fingerprint density at radius 2 is 1.93 bits per heavy atom. The van der Waals surface area contributed by atoms with Crippen LogP contribution in [0.1, 0.15) is 58.8 Å². The summed E-state index contributed by atoms with van der Waals surface area (Å²) in [5.41, 5.74) is 0. The van der Waals surface area contributed by atoms with Gasteiger partial charge in [-0.05, 0) is 44.9 Å². The number of carbonyl (C=O) groups excluding carboxylic acids is 1. The fraction of sp³-hybridized carbons (Fsp3) is 0.923. The highest BCUT2D eigenvalue weighted by Gasteiger charge is 2.14. The molecule has 2 nitrogen and oxygen atoms in total. The molecule has 0 bridgehead atoms. The fourth-order valence-electron chi connectivity index (χ4n) is 2.14. The van der Waals surface area contributed by atoms with Crippen LogP contribution in [0.4, 0.5) is 0 Å². The molecule has 2 heteroatoms. The van der Waals surface area contributed by atoms with E-state index in [9.17, 15) is 4.79 Å². The third-order valence-electron chi connectivity index (χ3n) is 3.14. The van der Waals surface area contributed by atoms with E-state index in [1.54, 1.807) is 0 Å². The van der Waals surface area contributed by atoms with Gasteiger partial charge in [-0.1, -0.05) is 6.92 Å². The van der Waals surface area contributed by atoms with Crippen molar-refractivity contribution in [3.05, 3.63) is 0 Å². The molecule has 2 unspecified atom stereocenters. The zero-order valence-corrected chi connectivity index (χ0v) is 10.1. The Bertz CT molecular complexity index is 183. The molecule has 2 aliphatic rings. The van der Waals surface area contributed by atoms with Crippen LogP contribution in [-0.4, -0.2) is 18.5 Å². The summed E-state index contributed by atoms with van der Waals surface area (Å²) in [7, 11) is 0. The lowest BCUT2D eigenvalue weighted by Crippen LogP contribution is -2.14. The van der Waals surface area contributed by atoms with Crippen molar-refractivity contribution in [3.63, 3.8) is 0 Å². The summed E-state index contributed by atoms with van der Waals surface area (Å²) in [5, 5.41) is 0. The van der Waals surface area contributed by atoms with Crippen molar-refractivity contribution in [1.29, 1.82) is 0 Å². The normalized spacial score (nSPS) is 31.7. The largest absolute Gasteiger partial charge is 0.379 e. The van der Waals surface area contributed by atoms with Crippen LogP contribution in [0.2, 0.25) is 0 Å². The molecule has 15 heavy (non-hydrogen) atoms. The van der Waals surface area contributed by atoms with Crippen molar-refractivity contribution in [3.8, 4) is 0 Å². The van der Waals surface area contributed by atoms with Crippen LogP contribution in [0.5, 0.6) is 0 Å². The van der Waals surface area contributed by atoms with Gasteiger partial charge in [0.05, 0.1) is 6.10 Å². The summed E-state index contributed by atoms with van der Waals surface area (Å²) >= 11 is 0. The highest BCUT2D eigenvalue weighted by molar-refractivity contribution is 5.79. The van der Waals surface area contributed by atoms with Crippen molar-refractivity contribution in [2.24, 2.45) is 5.92 Å². The molecular weight excluding hydrogens is 188 g/mol. The van der Waals surface area contributed by atoms with Gasteiger partial charge in [0.2, 0.25) is 0 Å². The third kappa shape index (κ3) is 5.93. The van der Waals surface area contributed by atoms with E-state index in [1.165, 1.54) is 25.7 Å². The molecule has 0 aromatic carbocycles. The van der Waals surface area contributed by atoms with Gasteiger partial charge in [-0.15, -0.1) is 0 Å². The lowest BCUT2D eigenvalue weighted by molar-refractivity contribution is -0.121. The van der Waals surface area contributed by atoms with Gasteiger partial charge in [0.15, 0.2) is 0 Å². The number of carbonyl (C=O) groups is 1. The number of hydrogen-bond acceptors (Lipinski definition) is 2. The van der Waals surface area contributed by atoms with Crippen LogP contribution in [0, 0.1) is 5.92 Å². The van der Waals surface area contributed by atoms with Gasteiger partial charge in [-0.2, -0.15) is 0 Å². The molecule has 88 valence electrons. The molecule has 1 saturated carbocycles. The Hall–Kier alpha value is -0.370. The molecule has 0 aromatic rings. The second-order valence-corrected chi connectivity index (χ2v) is 4.92. The maximum absolute atomic E-state index is 10.7. The Morgan fingerprint density at radius 3 is 2.27 bits per heavy atom. The van der Waals surface area contributed by atoms with Crippen LogP contribution in [0.15, 0.2) is 0 Å². The number of ether oxygens (including phenoxy) is 1. The molecule has 1 aliphatic heterocycles. The molecular formula is C13H24O2. The summed E-state index contributed by atoms with van der Waals surface area (Å²) in [5.74, 6) is 1.12. The number of ketones is 1. The van der Waals surface area contributed by atoms with E-state index >= 15 is 0 Å². The molecule has 0 spiro atoms. The maximum Gasteiger partial charge on any atom is 0.133 e. The standard InChI is InChI=1S/C7H12O.C6H12O/c1-6-3-2-4-7(8)5-6;1-6-4-2-3-5-7-6/h6H,2-5H2,1H3;6H,2-5H2,1H3. The number of Topliss-reactive ketones (excluding diaryl/α,β-unsaturated/α-hetero) is 1. The van der Waals surface area contributed by atoms with E-state index < -0.39 is 0 Å². The average Bonchev–Trinajstić information content (AvgIpc) is 2.19. The highest BCUT2D eigenvalue weighted by Crippen LogP contribution is 2.19. The van der Waals surface area contributed by atoms with Gasteiger partial charge in [0, 0.05) is 19.4 Å². The van der Waals surface area contributed by atoms with Gasteiger partial charge in [-0.25, -0.2) is 0 Å². The molecule has 1 heterocycles. The summed E-state index contributed by atoms with van der Waals surface area (Å²) in [6.07, 6.45) is 8.48. The number of hydrogen-bond donors (Lipinski definition) is 0. The van der Waals surface area contributed by atoms with Crippen LogP contribution >= 0.6 is 0 Å². The van der Waals surface area contributed by atoms with E-state index in [1.807, 2.05) is 0 Å². The van der Waals surface area contributed by atoms with Crippen LogP contribution in [0.25, 0.3) is 0 Å². The summed E-state index contributed by atoms with van der Waals surface area (Å²) in [6, 6.07) is 0. The summed E-state index contributed by atoms with van der Waals surface area (Å²) in [6.45, 7) is 5.28. The van der Waals surface area contributed by atoms with Crippen molar-refractivity contribution in [2.45, 2.75) is 64.9 Å². The Kier molecular flexibility index (Phi) is 5.92. The molecule has 0 N–H and O–H groups in total. The highest BCUT2D eigenvalue weighted by atomic mass is 16.5. The van der Waals surface area contributed by atoms with Gasteiger partial charge in [-0.3, -0.25) is 4.79 Å². The van der Waals surface area contributed by atoms with Crippen LogP contribution < -0.4 is 0 Å². The third-order valence-corrected chi connectivity index (χ3v) is 3.14. The molecule has 2 fully saturated rings. The SMILES string of the molecule is CC1CCCC(=O)C1.CC1CCCCO1. The van der Waals surface area contributed by atoms with E-state index in [2.05, 4.69) is 13.8 Å². The van der Waals surface area contributed by atoms with Crippen molar-refractivity contribution in [1.82, 2.24) is 0 Å². The first-order valence-corrected chi connectivity index (χ1v) is 6.32. The zero-order valence-electron chi connectivity index (χ0n) is 10.1. The van der Waals surface area contributed by atoms with E-state index in [-0.39, 0.29) is 0 Å². The van der Waals surface area contributed by atoms with E-state index in [0.29, 0.717) is 17.8 Å². The number of rotatable bonds is 0. The zero-order chi connectivity index (χ0) is 11.1. The first-order valence-electron chi connectivity index (χ1n) is 6.32. The van der Waals surface area contributed by atoms with Crippen molar-refractivity contribution in [2.75, 3.05) is 6.61 Å².